The summed E-state index contributed by atoms with van der Waals surface area (Å²) in [5.74, 6) is 0. The molecule has 0 aliphatic carbocycles. The van der Waals surface area contributed by atoms with Crippen LogP contribution >= 0.6 is 0 Å². The van der Waals surface area contributed by atoms with Crippen LogP contribution in [-0.4, -0.2) is 19.6 Å². The SMILES string of the molecule is CCCCN1CC[N]c2ccccc21. The molecule has 0 unspecified atom stereocenters. The van der Waals surface area contributed by atoms with Crippen molar-refractivity contribution in [2.24, 2.45) is 0 Å². The Morgan fingerprint density at radius 1 is 1.36 bits per heavy atom. The Hall–Kier alpha value is -1.18. The average Bonchev–Trinajstić information content (AvgIpc) is 2.26. The zero-order chi connectivity index (χ0) is 9.80. The molecule has 1 aliphatic rings. The maximum atomic E-state index is 4.51. The lowest BCUT2D eigenvalue weighted by Crippen LogP contribution is -2.34. The van der Waals surface area contributed by atoms with Crippen molar-refractivity contribution < 1.29 is 0 Å². The molecular formula is C12H17N2. The molecule has 2 nitrogen and oxygen atoms in total. The number of para-hydroxylation sites is 2. The number of hydrogen-bond donors (Lipinski definition) is 0. The molecule has 75 valence electrons. The van der Waals surface area contributed by atoms with Gasteiger partial charge in [0.05, 0.1) is 17.9 Å². The van der Waals surface area contributed by atoms with Crippen LogP contribution in [0.25, 0.3) is 0 Å². The summed E-state index contributed by atoms with van der Waals surface area (Å²) in [7, 11) is 0. The summed E-state index contributed by atoms with van der Waals surface area (Å²) in [6, 6.07) is 8.44. The molecule has 0 fully saturated rings. The summed E-state index contributed by atoms with van der Waals surface area (Å²) in [4.78, 5) is 2.45. The fourth-order valence-corrected chi connectivity index (χ4v) is 1.86. The summed E-state index contributed by atoms with van der Waals surface area (Å²) >= 11 is 0. The first-order valence-corrected chi connectivity index (χ1v) is 5.43. The largest absolute Gasteiger partial charge is 0.368 e. The number of benzene rings is 1. The Morgan fingerprint density at radius 3 is 3.07 bits per heavy atom. The predicted octanol–water partition coefficient (Wildman–Crippen LogP) is 2.54. The van der Waals surface area contributed by atoms with E-state index >= 15 is 0 Å². The van der Waals surface area contributed by atoms with E-state index in [9.17, 15) is 0 Å². The second kappa shape index (κ2) is 4.36. The van der Waals surface area contributed by atoms with Gasteiger partial charge < -0.3 is 4.90 Å². The monoisotopic (exact) mass is 189 g/mol. The molecule has 2 heteroatoms. The van der Waals surface area contributed by atoms with Crippen LogP contribution in [-0.2, 0) is 0 Å². The van der Waals surface area contributed by atoms with Crippen molar-refractivity contribution in [1.29, 1.82) is 0 Å². The highest BCUT2D eigenvalue weighted by Crippen LogP contribution is 2.28. The van der Waals surface area contributed by atoms with Crippen molar-refractivity contribution in [3.8, 4) is 0 Å². The van der Waals surface area contributed by atoms with Gasteiger partial charge in [-0.1, -0.05) is 25.5 Å². The highest BCUT2D eigenvalue weighted by molar-refractivity contribution is 5.67. The van der Waals surface area contributed by atoms with Crippen LogP contribution in [0.5, 0.6) is 0 Å². The van der Waals surface area contributed by atoms with Crippen molar-refractivity contribution in [1.82, 2.24) is 5.32 Å². The molecule has 0 saturated heterocycles. The first kappa shape index (κ1) is 9.38. The van der Waals surface area contributed by atoms with E-state index in [0.717, 1.165) is 18.8 Å². The first-order chi connectivity index (χ1) is 6.92. The molecule has 0 aromatic heterocycles. The van der Waals surface area contributed by atoms with Gasteiger partial charge in [-0.25, -0.2) is 0 Å². The lowest BCUT2D eigenvalue weighted by atomic mass is 10.2. The first-order valence-electron chi connectivity index (χ1n) is 5.43. The van der Waals surface area contributed by atoms with E-state index in [1.54, 1.807) is 0 Å². The number of anilines is 1. The minimum absolute atomic E-state index is 0.945. The summed E-state index contributed by atoms with van der Waals surface area (Å²) in [5.41, 5.74) is 2.47. The number of nitrogens with zero attached hydrogens (tertiary/aromatic N) is 2. The van der Waals surface area contributed by atoms with E-state index in [1.165, 1.54) is 25.1 Å². The van der Waals surface area contributed by atoms with Gasteiger partial charge in [-0.3, -0.25) is 5.32 Å². The Bertz CT molecular complexity index is 296. The van der Waals surface area contributed by atoms with Gasteiger partial charge in [0, 0.05) is 13.1 Å². The van der Waals surface area contributed by atoms with E-state index in [-0.39, 0.29) is 0 Å². The van der Waals surface area contributed by atoms with E-state index in [4.69, 9.17) is 0 Å². The summed E-state index contributed by atoms with van der Waals surface area (Å²) in [5, 5.41) is 4.51. The number of unbranched alkanes of at least 4 members (excludes halogenated alkanes) is 1. The summed E-state index contributed by atoms with van der Waals surface area (Å²) in [6.45, 7) is 5.43. The van der Waals surface area contributed by atoms with Gasteiger partial charge in [0.25, 0.3) is 0 Å². The zero-order valence-electron chi connectivity index (χ0n) is 8.74. The van der Waals surface area contributed by atoms with Crippen LogP contribution in [0.3, 0.4) is 0 Å². The third kappa shape index (κ3) is 1.84. The molecule has 0 atom stereocenters. The minimum Gasteiger partial charge on any atom is -0.368 e. The molecule has 1 aromatic carbocycles. The van der Waals surface area contributed by atoms with Crippen LogP contribution < -0.4 is 10.2 Å². The Morgan fingerprint density at radius 2 is 2.21 bits per heavy atom. The van der Waals surface area contributed by atoms with Crippen molar-refractivity contribution in [2.45, 2.75) is 19.8 Å². The van der Waals surface area contributed by atoms with Crippen molar-refractivity contribution in [3.63, 3.8) is 0 Å². The van der Waals surface area contributed by atoms with Gasteiger partial charge in [0.15, 0.2) is 0 Å². The fraction of sp³-hybridized carbons (Fsp3) is 0.500. The lowest BCUT2D eigenvalue weighted by molar-refractivity contribution is 0.670. The minimum atomic E-state index is 0.945. The smallest absolute Gasteiger partial charge is 0.0808 e. The van der Waals surface area contributed by atoms with Gasteiger partial charge in [0.2, 0.25) is 0 Å². The molecule has 0 bridgehead atoms. The Balaban J connectivity index is 2.14. The van der Waals surface area contributed by atoms with E-state index in [1.807, 2.05) is 0 Å². The van der Waals surface area contributed by atoms with Crippen LogP contribution in [0.2, 0.25) is 0 Å². The maximum Gasteiger partial charge on any atom is 0.0808 e. The van der Waals surface area contributed by atoms with E-state index in [2.05, 4.69) is 41.4 Å². The van der Waals surface area contributed by atoms with Crippen LogP contribution in [0, 0.1) is 0 Å². The molecule has 1 heterocycles. The van der Waals surface area contributed by atoms with Crippen molar-refractivity contribution in [3.05, 3.63) is 24.3 Å². The molecule has 0 spiro atoms. The van der Waals surface area contributed by atoms with Gasteiger partial charge in [-0.2, -0.15) is 0 Å². The van der Waals surface area contributed by atoms with Crippen LogP contribution in [0.15, 0.2) is 24.3 Å². The highest BCUT2D eigenvalue weighted by Gasteiger charge is 2.15. The second-order valence-electron chi connectivity index (χ2n) is 3.71. The quantitative estimate of drug-likeness (QED) is 0.714. The standard InChI is InChI=1S/C12H17N2/c1-2-3-9-14-10-8-13-11-6-4-5-7-12(11)14/h4-7H,2-3,8-10H2,1H3. The molecular weight excluding hydrogens is 172 g/mol. The van der Waals surface area contributed by atoms with Gasteiger partial charge >= 0.3 is 0 Å². The molecule has 1 aromatic rings. The Labute approximate surface area is 85.9 Å². The normalized spacial score (nSPS) is 14.8. The summed E-state index contributed by atoms with van der Waals surface area (Å²) < 4.78 is 0. The molecule has 14 heavy (non-hydrogen) atoms. The number of fused-ring (bicyclic) bond motifs is 1. The van der Waals surface area contributed by atoms with Gasteiger partial charge in [-0.15, -0.1) is 0 Å². The van der Waals surface area contributed by atoms with E-state index in [0.29, 0.717) is 0 Å². The molecule has 0 N–H and O–H groups in total. The van der Waals surface area contributed by atoms with Crippen LogP contribution in [0.1, 0.15) is 19.8 Å². The van der Waals surface area contributed by atoms with E-state index < -0.39 is 0 Å². The lowest BCUT2D eigenvalue weighted by Gasteiger charge is -2.30. The molecule has 0 saturated carbocycles. The molecule has 0 amide bonds. The number of rotatable bonds is 3. The maximum absolute atomic E-state index is 4.51. The molecule has 1 radical (unpaired) electrons. The topological polar surface area (TPSA) is 17.3 Å². The molecule has 1 aliphatic heterocycles. The predicted molar refractivity (Wildman–Crippen MR) is 60.2 cm³/mol. The molecule has 2 rings (SSSR count). The third-order valence-electron chi connectivity index (χ3n) is 2.66. The van der Waals surface area contributed by atoms with Crippen molar-refractivity contribution >= 4 is 11.4 Å². The Kier molecular flexibility index (Phi) is 2.92. The van der Waals surface area contributed by atoms with Crippen molar-refractivity contribution in [2.75, 3.05) is 24.5 Å². The number of hydrogen-bond acceptors (Lipinski definition) is 1. The fourth-order valence-electron chi connectivity index (χ4n) is 1.86. The van der Waals surface area contributed by atoms with Crippen LogP contribution in [0.4, 0.5) is 11.4 Å². The third-order valence-corrected chi connectivity index (χ3v) is 2.66. The zero-order valence-corrected chi connectivity index (χ0v) is 8.74. The van der Waals surface area contributed by atoms with Gasteiger partial charge in [-0.05, 0) is 18.6 Å². The second-order valence-corrected chi connectivity index (χ2v) is 3.71. The average molecular weight is 189 g/mol. The van der Waals surface area contributed by atoms with Gasteiger partial charge in [0.1, 0.15) is 0 Å². The highest BCUT2D eigenvalue weighted by atomic mass is 15.2. The summed E-state index contributed by atoms with van der Waals surface area (Å²) in [6.07, 6.45) is 2.53.